The van der Waals surface area contributed by atoms with Gasteiger partial charge in [-0.05, 0) is 49.2 Å². The average molecular weight is 367 g/mol. The Hall–Kier alpha value is -3.12. The van der Waals surface area contributed by atoms with Gasteiger partial charge in [0.1, 0.15) is 17.9 Å². The van der Waals surface area contributed by atoms with Gasteiger partial charge < -0.3 is 19.6 Å². The fourth-order valence-corrected chi connectivity index (χ4v) is 2.66. The average Bonchev–Trinajstić information content (AvgIpc) is 2.64. The molecule has 0 fully saturated rings. The number of amides is 1. The topological polar surface area (TPSA) is 88.8 Å². The second-order valence-electron chi connectivity index (χ2n) is 6.45. The second-order valence-corrected chi connectivity index (χ2v) is 6.45. The number of benzene rings is 2. The summed E-state index contributed by atoms with van der Waals surface area (Å²) in [5.74, 6) is 0.360. The van der Waals surface area contributed by atoms with Gasteiger partial charge in [0.2, 0.25) is 0 Å². The third-order valence-corrected chi connectivity index (χ3v) is 4.10. The second kappa shape index (κ2) is 8.05. The molecular weight excluding hydrogens is 346 g/mol. The molecule has 0 radical (unpaired) electrons. The van der Waals surface area contributed by atoms with Gasteiger partial charge in [-0.15, -0.1) is 0 Å². The lowest BCUT2D eigenvalue weighted by Gasteiger charge is -2.09. The van der Waals surface area contributed by atoms with Gasteiger partial charge in [0.05, 0.1) is 6.10 Å². The fraction of sp³-hybridized carbons (Fsp3) is 0.238. The Labute approximate surface area is 156 Å². The van der Waals surface area contributed by atoms with E-state index in [1.165, 1.54) is 6.07 Å². The highest BCUT2D eigenvalue weighted by molar-refractivity contribution is 5.94. The molecule has 6 heteroatoms. The predicted octanol–water partition coefficient (Wildman–Crippen LogP) is 2.79. The first-order chi connectivity index (χ1) is 12.9. The van der Waals surface area contributed by atoms with Crippen LogP contribution in [-0.2, 0) is 6.61 Å². The molecule has 6 nitrogen and oxygen atoms in total. The molecule has 0 aliphatic heterocycles. The van der Waals surface area contributed by atoms with Gasteiger partial charge in [-0.25, -0.2) is 4.79 Å². The largest absolute Gasteiger partial charge is 0.489 e. The molecule has 0 saturated heterocycles. The van der Waals surface area contributed by atoms with E-state index in [1.54, 1.807) is 25.1 Å². The van der Waals surface area contributed by atoms with Crippen LogP contribution in [-0.4, -0.2) is 23.7 Å². The highest BCUT2D eigenvalue weighted by atomic mass is 16.5. The summed E-state index contributed by atoms with van der Waals surface area (Å²) in [7, 11) is 0. The fourth-order valence-electron chi connectivity index (χ4n) is 2.66. The third-order valence-electron chi connectivity index (χ3n) is 4.10. The number of hydrogen-bond donors (Lipinski definition) is 2. The molecule has 0 saturated carbocycles. The number of fused-ring (bicyclic) bond motifs is 1. The molecule has 1 atom stereocenters. The van der Waals surface area contributed by atoms with E-state index in [1.807, 2.05) is 31.2 Å². The Morgan fingerprint density at radius 2 is 1.93 bits per heavy atom. The number of aliphatic hydroxyl groups is 1. The molecule has 2 N–H and O–H groups in total. The smallest absolute Gasteiger partial charge is 0.336 e. The molecular formula is C21H21NO5. The molecule has 0 spiro atoms. The van der Waals surface area contributed by atoms with Gasteiger partial charge in [0, 0.05) is 29.6 Å². The van der Waals surface area contributed by atoms with Crippen LogP contribution in [0.4, 0.5) is 0 Å². The number of hydrogen-bond acceptors (Lipinski definition) is 5. The summed E-state index contributed by atoms with van der Waals surface area (Å²) in [6.45, 7) is 4.00. The molecule has 3 rings (SSSR count). The summed E-state index contributed by atoms with van der Waals surface area (Å²) in [6.07, 6.45) is -0.586. The van der Waals surface area contributed by atoms with Crippen molar-refractivity contribution < 1.29 is 19.1 Å². The van der Waals surface area contributed by atoms with Crippen LogP contribution in [0, 0.1) is 6.92 Å². The molecule has 0 unspecified atom stereocenters. The van der Waals surface area contributed by atoms with Crippen molar-refractivity contribution >= 4 is 16.9 Å². The zero-order valence-corrected chi connectivity index (χ0v) is 15.2. The summed E-state index contributed by atoms with van der Waals surface area (Å²) < 4.78 is 11.0. The van der Waals surface area contributed by atoms with Gasteiger partial charge in [0.25, 0.3) is 5.91 Å². The van der Waals surface area contributed by atoms with Gasteiger partial charge in [-0.1, -0.05) is 12.1 Å². The molecule has 1 amide bonds. The van der Waals surface area contributed by atoms with Crippen molar-refractivity contribution in [1.82, 2.24) is 5.32 Å². The number of carbonyl (C=O) groups is 1. The Kier molecular flexibility index (Phi) is 5.57. The number of carbonyl (C=O) groups excluding carboxylic acids is 1. The van der Waals surface area contributed by atoms with Crippen LogP contribution in [0.1, 0.15) is 28.4 Å². The predicted molar refractivity (Wildman–Crippen MR) is 102 cm³/mol. The zero-order valence-electron chi connectivity index (χ0n) is 15.2. The van der Waals surface area contributed by atoms with Crippen molar-refractivity contribution in [2.24, 2.45) is 0 Å². The van der Waals surface area contributed by atoms with E-state index in [9.17, 15) is 14.7 Å². The van der Waals surface area contributed by atoms with Crippen molar-refractivity contribution in [2.45, 2.75) is 26.6 Å². The summed E-state index contributed by atoms with van der Waals surface area (Å²) in [4.78, 5) is 23.4. The summed E-state index contributed by atoms with van der Waals surface area (Å²) in [6, 6.07) is 13.9. The Morgan fingerprint density at radius 3 is 2.63 bits per heavy atom. The minimum absolute atomic E-state index is 0.210. The molecule has 2 aromatic carbocycles. The SMILES string of the molecule is Cc1cc(=O)oc2cc(OCc3ccc(C(=O)NC[C@@H](C)O)cc3)ccc12. The minimum Gasteiger partial charge on any atom is -0.489 e. The molecule has 1 heterocycles. The summed E-state index contributed by atoms with van der Waals surface area (Å²) >= 11 is 0. The maximum Gasteiger partial charge on any atom is 0.336 e. The summed E-state index contributed by atoms with van der Waals surface area (Å²) in [5.41, 5.74) is 2.37. The molecule has 27 heavy (non-hydrogen) atoms. The molecule has 0 bridgehead atoms. The maximum atomic E-state index is 11.9. The van der Waals surface area contributed by atoms with Crippen LogP contribution in [0.2, 0.25) is 0 Å². The summed E-state index contributed by atoms with van der Waals surface area (Å²) in [5, 5.41) is 12.7. The highest BCUT2D eigenvalue weighted by Crippen LogP contribution is 2.23. The van der Waals surface area contributed by atoms with E-state index in [2.05, 4.69) is 5.32 Å². The Morgan fingerprint density at radius 1 is 1.19 bits per heavy atom. The van der Waals surface area contributed by atoms with E-state index < -0.39 is 6.10 Å². The number of nitrogens with one attached hydrogen (secondary N) is 1. The van der Waals surface area contributed by atoms with E-state index in [-0.39, 0.29) is 18.1 Å². The van der Waals surface area contributed by atoms with Crippen LogP contribution in [0.5, 0.6) is 5.75 Å². The first kappa shape index (κ1) is 18.7. The van der Waals surface area contributed by atoms with Crippen LogP contribution in [0.15, 0.2) is 57.7 Å². The van der Waals surface area contributed by atoms with Crippen LogP contribution in [0.25, 0.3) is 11.0 Å². The lowest BCUT2D eigenvalue weighted by Crippen LogP contribution is -2.30. The molecule has 140 valence electrons. The Balaban J connectivity index is 1.65. The van der Waals surface area contributed by atoms with Crippen molar-refractivity contribution in [1.29, 1.82) is 0 Å². The van der Waals surface area contributed by atoms with E-state index in [0.29, 0.717) is 23.5 Å². The molecule has 1 aromatic heterocycles. The lowest BCUT2D eigenvalue weighted by molar-refractivity contribution is 0.0924. The number of aliphatic hydroxyl groups excluding tert-OH is 1. The van der Waals surface area contributed by atoms with E-state index in [4.69, 9.17) is 9.15 Å². The number of rotatable bonds is 6. The maximum absolute atomic E-state index is 11.9. The highest BCUT2D eigenvalue weighted by Gasteiger charge is 2.07. The van der Waals surface area contributed by atoms with Gasteiger partial charge >= 0.3 is 5.63 Å². The Bertz CT molecular complexity index is 1010. The van der Waals surface area contributed by atoms with Crippen molar-refractivity contribution in [3.63, 3.8) is 0 Å². The standard InChI is InChI=1S/C21H21NO5/c1-13-9-20(24)27-19-10-17(7-8-18(13)19)26-12-15-3-5-16(6-4-15)21(25)22-11-14(2)23/h3-10,14,23H,11-12H2,1-2H3,(H,22,25)/t14-/m1/s1. The van der Waals surface area contributed by atoms with Crippen molar-refractivity contribution in [2.75, 3.05) is 6.54 Å². The van der Waals surface area contributed by atoms with E-state index >= 15 is 0 Å². The monoisotopic (exact) mass is 367 g/mol. The van der Waals surface area contributed by atoms with Gasteiger partial charge in [-0.3, -0.25) is 4.79 Å². The quantitative estimate of drug-likeness (QED) is 0.654. The number of ether oxygens (including phenoxy) is 1. The van der Waals surface area contributed by atoms with Crippen molar-refractivity contribution in [3.8, 4) is 5.75 Å². The zero-order chi connectivity index (χ0) is 19.4. The van der Waals surface area contributed by atoms with Crippen LogP contribution >= 0.6 is 0 Å². The third kappa shape index (κ3) is 4.74. The molecule has 3 aromatic rings. The van der Waals surface area contributed by atoms with Crippen LogP contribution < -0.4 is 15.7 Å². The lowest BCUT2D eigenvalue weighted by atomic mass is 10.1. The first-order valence-electron chi connectivity index (χ1n) is 8.65. The minimum atomic E-state index is -0.586. The van der Waals surface area contributed by atoms with Crippen LogP contribution in [0.3, 0.4) is 0 Å². The molecule has 0 aliphatic carbocycles. The van der Waals surface area contributed by atoms with Gasteiger partial charge in [-0.2, -0.15) is 0 Å². The van der Waals surface area contributed by atoms with Gasteiger partial charge in [0.15, 0.2) is 0 Å². The van der Waals surface area contributed by atoms with E-state index in [0.717, 1.165) is 16.5 Å². The first-order valence-corrected chi connectivity index (χ1v) is 8.65. The normalized spacial score (nSPS) is 12.0. The number of aryl methyl sites for hydroxylation is 1. The molecule has 0 aliphatic rings. The van der Waals surface area contributed by atoms with Crippen molar-refractivity contribution in [3.05, 3.63) is 75.6 Å².